The minimum atomic E-state index is -0.0406. The molecule has 0 fully saturated rings. The average molecular weight is 271 g/mol. The van der Waals surface area contributed by atoms with E-state index in [1.807, 2.05) is 46.0 Å². The molecule has 1 rings (SSSR count). The molecule has 2 N–H and O–H groups in total. The zero-order valence-corrected chi connectivity index (χ0v) is 12.4. The van der Waals surface area contributed by atoms with Crippen molar-refractivity contribution in [1.82, 2.24) is 0 Å². The van der Waals surface area contributed by atoms with Crippen LogP contribution in [0.1, 0.15) is 32.4 Å². The van der Waals surface area contributed by atoms with Crippen LogP contribution in [-0.2, 0) is 4.74 Å². The first-order valence-electron chi connectivity index (χ1n) is 6.29. The molecule has 0 spiro atoms. The molecule has 0 aliphatic carbocycles. The Morgan fingerprint density at radius 3 is 2.50 bits per heavy atom. The second-order valence-electron chi connectivity index (χ2n) is 4.84. The van der Waals surface area contributed by atoms with Crippen LogP contribution < -0.4 is 10.6 Å². The molecule has 1 atom stereocenters. The molecule has 0 bridgehead atoms. The van der Waals surface area contributed by atoms with Crippen LogP contribution in [0, 0.1) is 0 Å². The van der Waals surface area contributed by atoms with E-state index in [2.05, 4.69) is 4.90 Å². The van der Waals surface area contributed by atoms with Crippen molar-refractivity contribution < 1.29 is 4.74 Å². The van der Waals surface area contributed by atoms with Gasteiger partial charge >= 0.3 is 0 Å². The number of nitrogens with zero attached hydrogens (tertiary/aromatic N) is 1. The Kier molecular flexibility index (Phi) is 5.93. The lowest BCUT2D eigenvalue weighted by molar-refractivity contribution is 0.0846. The summed E-state index contributed by atoms with van der Waals surface area (Å²) in [6.07, 6.45) is 0.266. The summed E-state index contributed by atoms with van der Waals surface area (Å²) in [6.45, 7) is 7.55. The molecule has 1 unspecified atom stereocenters. The van der Waals surface area contributed by atoms with Crippen LogP contribution >= 0.6 is 11.6 Å². The van der Waals surface area contributed by atoms with E-state index in [0.29, 0.717) is 6.61 Å². The summed E-state index contributed by atoms with van der Waals surface area (Å²) < 4.78 is 5.53. The third kappa shape index (κ3) is 4.48. The third-order valence-corrected chi connectivity index (χ3v) is 3.12. The predicted molar refractivity (Wildman–Crippen MR) is 78.4 cm³/mol. The van der Waals surface area contributed by atoms with Gasteiger partial charge in [0, 0.05) is 30.3 Å². The highest BCUT2D eigenvalue weighted by atomic mass is 35.5. The van der Waals surface area contributed by atoms with E-state index in [-0.39, 0.29) is 12.1 Å². The third-order valence-electron chi connectivity index (χ3n) is 2.79. The fourth-order valence-corrected chi connectivity index (χ4v) is 2.02. The Bertz CT molecular complexity index is 380. The Labute approximate surface area is 115 Å². The molecular formula is C14H23ClN2O. The second kappa shape index (κ2) is 6.98. The van der Waals surface area contributed by atoms with E-state index >= 15 is 0 Å². The molecule has 102 valence electrons. The highest BCUT2D eigenvalue weighted by Gasteiger charge is 2.08. The topological polar surface area (TPSA) is 38.5 Å². The van der Waals surface area contributed by atoms with Crippen molar-refractivity contribution in [3.05, 3.63) is 28.8 Å². The SMILES string of the molecule is CC(C)OCCN(C)c1ccc(C(C)N)c(Cl)c1. The minimum absolute atomic E-state index is 0.0406. The number of likely N-dealkylation sites (N-methyl/N-ethyl adjacent to an activating group) is 1. The Balaban J connectivity index is 2.63. The van der Waals surface area contributed by atoms with Crippen molar-refractivity contribution in [3.8, 4) is 0 Å². The van der Waals surface area contributed by atoms with Crippen molar-refractivity contribution >= 4 is 17.3 Å². The monoisotopic (exact) mass is 270 g/mol. The molecule has 1 aromatic carbocycles. The number of halogens is 1. The van der Waals surface area contributed by atoms with Gasteiger partial charge in [0.25, 0.3) is 0 Å². The van der Waals surface area contributed by atoms with Gasteiger partial charge in [0.2, 0.25) is 0 Å². The first-order valence-corrected chi connectivity index (χ1v) is 6.67. The summed E-state index contributed by atoms with van der Waals surface area (Å²) in [4.78, 5) is 2.12. The zero-order valence-electron chi connectivity index (χ0n) is 11.6. The molecule has 0 saturated carbocycles. The smallest absolute Gasteiger partial charge is 0.0644 e. The first-order chi connectivity index (χ1) is 8.41. The van der Waals surface area contributed by atoms with Crippen LogP contribution in [0.3, 0.4) is 0 Å². The summed E-state index contributed by atoms with van der Waals surface area (Å²) in [5.41, 5.74) is 7.90. The fourth-order valence-electron chi connectivity index (χ4n) is 1.68. The molecule has 0 aromatic heterocycles. The van der Waals surface area contributed by atoms with Crippen LogP contribution in [-0.4, -0.2) is 26.3 Å². The van der Waals surface area contributed by atoms with Crippen LogP contribution in [0.15, 0.2) is 18.2 Å². The van der Waals surface area contributed by atoms with Gasteiger partial charge in [-0.25, -0.2) is 0 Å². The number of anilines is 1. The van der Waals surface area contributed by atoms with E-state index in [9.17, 15) is 0 Å². The van der Waals surface area contributed by atoms with Gasteiger partial charge in [0.05, 0.1) is 12.7 Å². The number of ether oxygens (including phenoxy) is 1. The van der Waals surface area contributed by atoms with Crippen molar-refractivity contribution in [3.63, 3.8) is 0 Å². The lowest BCUT2D eigenvalue weighted by Gasteiger charge is -2.21. The normalized spacial score (nSPS) is 12.8. The summed E-state index contributed by atoms with van der Waals surface area (Å²) in [6, 6.07) is 5.94. The summed E-state index contributed by atoms with van der Waals surface area (Å²) >= 11 is 6.22. The van der Waals surface area contributed by atoms with Crippen molar-refractivity contribution in [2.24, 2.45) is 5.73 Å². The van der Waals surface area contributed by atoms with Gasteiger partial charge in [0.15, 0.2) is 0 Å². The van der Waals surface area contributed by atoms with E-state index in [0.717, 1.165) is 22.8 Å². The molecule has 4 heteroatoms. The molecule has 0 saturated heterocycles. The standard InChI is InChI=1S/C14H23ClN2O/c1-10(2)18-8-7-17(4)12-5-6-13(11(3)16)14(15)9-12/h5-6,9-11H,7-8,16H2,1-4H3. The number of benzene rings is 1. The Morgan fingerprint density at radius 1 is 1.33 bits per heavy atom. The molecule has 1 aromatic rings. The maximum absolute atomic E-state index is 6.22. The second-order valence-corrected chi connectivity index (χ2v) is 5.24. The molecule has 0 aliphatic heterocycles. The van der Waals surface area contributed by atoms with Gasteiger partial charge in [0.1, 0.15) is 0 Å². The average Bonchev–Trinajstić information content (AvgIpc) is 2.27. The molecule has 0 aliphatic rings. The molecule has 0 amide bonds. The van der Waals surface area contributed by atoms with E-state index < -0.39 is 0 Å². The summed E-state index contributed by atoms with van der Waals surface area (Å²) in [5.74, 6) is 0. The quantitative estimate of drug-likeness (QED) is 0.863. The summed E-state index contributed by atoms with van der Waals surface area (Å²) in [7, 11) is 2.03. The predicted octanol–water partition coefficient (Wildman–Crippen LogP) is 3.22. The van der Waals surface area contributed by atoms with Crippen molar-refractivity contribution in [2.75, 3.05) is 25.1 Å². The van der Waals surface area contributed by atoms with Crippen molar-refractivity contribution in [2.45, 2.75) is 32.9 Å². The molecular weight excluding hydrogens is 248 g/mol. The van der Waals surface area contributed by atoms with Gasteiger partial charge in [-0.1, -0.05) is 17.7 Å². The molecule has 0 heterocycles. The Hall–Kier alpha value is -0.770. The molecule has 18 heavy (non-hydrogen) atoms. The fraction of sp³-hybridized carbons (Fsp3) is 0.571. The number of hydrogen-bond donors (Lipinski definition) is 1. The largest absolute Gasteiger partial charge is 0.377 e. The van der Waals surface area contributed by atoms with Gasteiger partial charge in [-0.2, -0.15) is 0 Å². The van der Waals surface area contributed by atoms with Crippen molar-refractivity contribution in [1.29, 1.82) is 0 Å². The van der Waals surface area contributed by atoms with Crippen LogP contribution in [0.5, 0.6) is 0 Å². The zero-order chi connectivity index (χ0) is 13.7. The maximum atomic E-state index is 6.22. The van der Waals surface area contributed by atoms with Crippen LogP contribution in [0.2, 0.25) is 5.02 Å². The van der Waals surface area contributed by atoms with Gasteiger partial charge < -0.3 is 15.4 Å². The maximum Gasteiger partial charge on any atom is 0.0644 e. The number of nitrogens with two attached hydrogens (primary N) is 1. The number of rotatable bonds is 6. The summed E-state index contributed by atoms with van der Waals surface area (Å²) in [5, 5.41) is 0.721. The Morgan fingerprint density at radius 2 is 2.00 bits per heavy atom. The van der Waals surface area contributed by atoms with Gasteiger partial charge in [-0.15, -0.1) is 0 Å². The number of hydrogen-bond acceptors (Lipinski definition) is 3. The van der Waals surface area contributed by atoms with E-state index in [1.54, 1.807) is 0 Å². The highest BCUT2D eigenvalue weighted by Crippen LogP contribution is 2.26. The van der Waals surface area contributed by atoms with Gasteiger partial charge in [-0.05, 0) is 38.5 Å². The van der Waals surface area contributed by atoms with Crippen LogP contribution in [0.4, 0.5) is 5.69 Å². The van der Waals surface area contributed by atoms with Crippen LogP contribution in [0.25, 0.3) is 0 Å². The van der Waals surface area contributed by atoms with Gasteiger partial charge in [-0.3, -0.25) is 0 Å². The molecule has 0 radical (unpaired) electrons. The minimum Gasteiger partial charge on any atom is -0.377 e. The highest BCUT2D eigenvalue weighted by molar-refractivity contribution is 6.31. The molecule has 3 nitrogen and oxygen atoms in total. The van der Waals surface area contributed by atoms with E-state index in [4.69, 9.17) is 22.1 Å². The lowest BCUT2D eigenvalue weighted by Crippen LogP contribution is -2.24. The first kappa shape index (κ1) is 15.3. The lowest BCUT2D eigenvalue weighted by atomic mass is 10.1. The van der Waals surface area contributed by atoms with E-state index in [1.165, 1.54) is 0 Å².